The highest BCUT2D eigenvalue weighted by molar-refractivity contribution is 5.82. The second kappa shape index (κ2) is 6.01. The maximum atomic E-state index is 12.0. The summed E-state index contributed by atoms with van der Waals surface area (Å²) >= 11 is 0. The Bertz CT molecular complexity index is 245. The molecule has 0 aromatic heterocycles. The van der Waals surface area contributed by atoms with Gasteiger partial charge in [0.2, 0.25) is 5.91 Å². The van der Waals surface area contributed by atoms with Gasteiger partial charge in [0.05, 0.1) is 6.04 Å². The Kier molecular flexibility index (Phi) is 4.96. The molecular formula is C12H23N3O. The second-order valence-corrected chi connectivity index (χ2v) is 4.68. The SMILES string of the molecule is C=CCN1CCN(C(=O)[C@@H](N)C(C)C)CC1. The molecule has 0 spiro atoms. The topological polar surface area (TPSA) is 49.6 Å². The van der Waals surface area contributed by atoms with Crippen molar-refractivity contribution in [2.45, 2.75) is 19.9 Å². The van der Waals surface area contributed by atoms with Crippen LogP contribution in [0.3, 0.4) is 0 Å². The molecule has 0 aliphatic carbocycles. The van der Waals surface area contributed by atoms with Crippen LogP contribution >= 0.6 is 0 Å². The largest absolute Gasteiger partial charge is 0.339 e. The van der Waals surface area contributed by atoms with Gasteiger partial charge in [0, 0.05) is 32.7 Å². The number of amides is 1. The third-order valence-corrected chi connectivity index (χ3v) is 3.07. The summed E-state index contributed by atoms with van der Waals surface area (Å²) in [5.74, 6) is 0.298. The quantitative estimate of drug-likeness (QED) is 0.700. The number of hydrogen-bond donors (Lipinski definition) is 1. The molecule has 0 aromatic rings. The van der Waals surface area contributed by atoms with E-state index in [0.29, 0.717) is 0 Å². The van der Waals surface area contributed by atoms with Crippen molar-refractivity contribution in [2.75, 3.05) is 32.7 Å². The molecule has 0 saturated carbocycles. The van der Waals surface area contributed by atoms with Crippen LogP contribution in [-0.4, -0.2) is 54.5 Å². The van der Waals surface area contributed by atoms with Gasteiger partial charge in [-0.25, -0.2) is 0 Å². The molecule has 4 nitrogen and oxygen atoms in total. The molecule has 92 valence electrons. The molecule has 1 rings (SSSR count). The Morgan fingerprint density at radius 1 is 1.38 bits per heavy atom. The molecule has 1 amide bonds. The van der Waals surface area contributed by atoms with Crippen LogP contribution in [0.15, 0.2) is 12.7 Å². The van der Waals surface area contributed by atoms with Crippen molar-refractivity contribution in [3.05, 3.63) is 12.7 Å². The van der Waals surface area contributed by atoms with Crippen LogP contribution in [0, 0.1) is 5.92 Å². The van der Waals surface area contributed by atoms with Crippen molar-refractivity contribution in [1.82, 2.24) is 9.80 Å². The Morgan fingerprint density at radius 2 is 1.94 bits per heavy atom. The van der Waals surface area contributed by atoms with Crippen molar-refractivity contribution in [3.8, 4) is 0 Å². The number of piperazine rings is 1. The minimum Gasteiger partial charge on any atom is -0.339 e. The molecule has 1 heterocycles. The van der Waals surface area contributed by atoms with E-state index in [4.69, 9.17) is 5.73 Å². The first-order chi connectivity index (χ1) is 7.56. The van der Waals surface area contributed by atoms with Crippen molar-refractivity contribution in [2.24, 2.45) is 11.7 Å². The zero-order chi connectivity index (χ0) is 12.1. The molecule has 16 heavy (non-hydrogen) atoms. The maximum absolute atomic E-state index is 12.0. The van der Waals surface area contributed by atoms with Gasteiger partial charge in [-0.3, -0.25) is 9.69 Å². The zero-order valence-electron chi connectivity index (χ0n) is 10.4. The molecule has 0 radical (unpaired) electrons. The van der Waals surface area contributed by atoms with Gasteiger partial charge in [-0.1, -0.05) is 19.9 Å². The summed E-state index contributed by atoms with van der Waals surface area (Å²) in [5.41, 5.74) is 5.86. The summed E-state index contributed by atoms with van der Waals surface area (Å²) in [6.07, 6.45) is 1.90. The van der Waals surface area contributed by atoms with Gasteiger partial charge in [-0.15, -0.1) is 6.58 Å². The number of rotatable bonds is 4. The van der Waals surface area contributed by atoms with E-state index < -0.39 is 0 Å². The molecule has 0 bridgehead atoms. The van der Waals surface area contributed by atoms with Crippen LogP contribution in [-0.2, 0) is 4.79 Å². The lowest BCUT2D eigenvalue weighted by Gasteiger charge is -2.35. The van der Waals surface area contributed by atoms with E-state index in [1.807, 2.05) is 24.8 Å². The first kappa shape index (κ1) is 13.2. The van der Waals surface area contributed by atoms with E-state index in [0.717, 1.165) is 32.7 Å². The van der Waals surface area contributed by atoms with E-state index in [1.165, 1.54) is 0 Å². The van der Waals surface area contributed by atoms with Gasteiger partial charge in [0.15, 0.2) is 0 Å². The molecule has 4 heteroatoms. The summed E-state index contributed by atoms with van der Waals surface area (Å²) in [5, 5.41) is 0. The molecule has 1 atom stereocenters. The smallest absolute Gasteiger partial charge is 0.239 e. The molecule has 1 fully saturated rings. The van der Waals surface area contributed by atoms with Crippen molar-refractivity contribution in [1.29, 1.82) is 0 Å². The minimum atomic E-state index is -0.356. The number of hydrogen-bond acceptors (Lipinski definition) is 3. The van der Waals surface area contributed by atoms with E-state index in [1.54, 1.807) is 0 Å². The molecule has 1 saturated heterocycles. The zero-order valence-corrected chi connectivity index (χ0v) is 10.4. The van der Waals surface area contributed by atoms with E-state index in [-0.39, 0.29) is 17.9 Å². The Balaban J connectivity index is 2.41. The monoisotopic (exact) mass is 225 g/mol. The number of nitrogens with zero attached hydrogens (tertiary/aromatic N) is 2. The predicted molar refractivity (Wildman–Crippen MR) is 66.0 cm³/mol. The molecule has 1 aliphatic rings. The van der Waals surface area contributed by atoms with Crippen molar-refractivity contribution >= 4 is 5.91 Å². The highest BCUT2D eigenvalue weighted by Crippen LogP contribution is 2.07. The summed E-state index contributed by atoms with van der Waals surface area (Å²) in [6, 6.07) is -0.356. The van der Waals surface area contributed by atoms with Crippen LogP contribution in [0.1, 0.15) is 13.8 Å². The summed E-state index contributed by atoms with van der Waals surface area (Å²) < 4.78 is 0. The number of carbonyl (C=O) groups is 1. The molecular weight excluding hydrogens is 202 g/mol. The maximum Gasteiger partial charge on any atom is 0.239 e. The molecule has 0 aromatic carbocycles. The van der Waals surface area contributed by atoms with Crippen LogP contribution in [0.2, 0.25) is 0 Å². The Hall–Kier alpha value is -0.870. The normalized spacial score (nSPS) is 19.9. The van der Waals surface area contributed by atoms with Crippen LogP contribution in [0.4, 0.5) is 0 Å². The predicted octanol–water partition coefficient (Wildman–Crippen LogP) is 0.300. The van der Waals surface area contributed by atoms with Gasteiger partial charge in [0.25, 0.3) is 0 Å². The van der Waals surface area contributed by atoms with Crippen LogP contribution in [0.5, 0.6) is 0 Å². The summed E-state index contributed by atoms with van der Waals surface area (Å²) in [6.45, 7) is 12.0. The van der Waals surface area contributed by atoms with Crippen molar-refractivity contribution < 1.29 is 4.79 Å². The van der Waals surface area contributed by atoms with E-state index >= 15 is 0 Å². The lowest BCUT2D eigenvalue weighted by Crippen LogP contribution is -2.54. The summed E-state index contributed by atoms with van der Waals surface area (Å²) in [4.78, 5) is 16.1. The Morgan fingerprint density at radius 3 is 2.38 bits per heavy atom. The second-order valence-electron chi connectivity index (χ2n) is 4.68. The highest BCUT2D eigenvalue weighted by Gasteiger charge is 2.26. The average Bonchev–Trinajstić information content (AvgIpc) is 2.28. The van der Waals surface area contributed by atoms with Crippen LogP contribution in [0.25, 0.3) is 0 Å². The molecule has 1 aliphatic heterocycles. The fraction of sp³-hybridized carbons (Fsp3) is 0.750. The number of nitrogens with two attached hydrogens (primary N) is 1. The third kappa shape index (κ3) is 3.32. The molecule has 2 N–H and O–H groups in total. The highest BCUT2D eigenvalue weighted by atomic mass is 16.2. The molecule has 0 unspecified atom stereocenters. The van der Waals surface area contributed by atoms with Crippen molar-refractivity contribution in [3.63, 3.8) is 0 Å². The summed E-state index contributed by atoms with van der Waals surface area (Å²) in [7, 11) is 0. The lowest BCUT2D eigenvalue weighted by atomic mass is 10.0. The van der Waals surface area contributed by atoms with Gasteiger partial charge in [-0.05, 0) is 5.92 Å². The number of carbonyl (C=O) groups excluding carboxylic acids is 1. The Labute approximate surface area is 98.1 Å². The van der Waals surface area contributed by atoms with E-state index in [2.05, 4.69) is 11.5 Å². The van der Waals surface area contributed by atoms with Gasteiger partial charge < -0.3 is 10.6 Å². The van der Waals surface area contributed by atoms with Gasteiger partial charge in [-0.2, -0.15) is 0 Å². The van der Waals surface area contributed by atoms with Crippen LogP contribution < -0.4 is 5.73 Å². The fourth-order valence-electron chi connectivity index (χ4n) is 1.83. The first-order valence-electron chi connectivity index (χ1n) is 5.94. The standard InChI is InChI=1S/C12H23N3O/c1-4-5-14-6-8-15(9-7-14)12(16)11(13)10(2)3/h4,10-11H,1,5-9,13H2,2-3H3/t11-/m0/s1. The fourth-order valence-corrected chi connectivity index (χ4v) is 1.83. The van der Waals surface area contributed by atoms with Gasteiger partial charge in [0.1, 0.15) is 0 Å². The van der Waals surface area contributed by atoms with Gasteiger partial charge >= 0.3 is 0 Å². The minimum absolute atomic E-state index is 0.0910. The average molecular weight is 225 g/mol. The lowest BCUT2D eigenvalue weighted by molar-refractivity contribution is -0.135. The third-order valence-electron chi connectivity index (χ3n) is 3.07. The van der Waals surface area contributed by atoms with E-state index in [9.17, 15) is 4.79 Å². The first-order valence-corrected chi connectivity index (χ1v) is 5.94.